The van der Waals surface area contributed by atoms with Gasteiger partial charge >= 0.3 is 0 Å². The van der Waals surface area contributed by atoms with E-state index < -0.39 is 0 Å². The lowest BCUT2D eigenvalue weighted by Gasteiger charge is -2.15. The normalized spacial score (nSPS) is 12.4. The number of benzene rings is 1. The highest BCUT2D eigenvalue weighted by Gasteiger charge is 2.11. The summed E-state index contributed by atoms with van der Waals surface area (Å²) in [6, 6.07) is 8.13. The van der Waals surface area contributed by atoms with Crippen molar-refractivity contribution in [1.29, 1.82) is 0 Å². The van der Waals surface area contributed by atoms with Gasteiger partial charge in [-0.1, -0.05) is 50.3 Å². The molecule has 1 aromatic rings. The number of hydrogen-bond acceptors (Lipinski definition) is 1. The Kier molecular flexibility index (Phi) is 4.41. The molecule has 14 heavy (non-hydrogen) atoms. The lowest BCUT2D eigenvalue weighted by Crippen LogP contribution is -2.05. The zero-order valence-electron chi connectivity index (χ0n) is 8.74. The fourth-order valence-electron chi connectivity index (χ4n) is 1.76. The Morgan fingerprint density at radius 3 is 2.71 bits per heavy atom. The Labute approximate surface area is 86.1 Å². The van der Waals surface area contributed by atoms with Crippen LogP contribution in [0.2, 0.25) is 0 Å². The first-order chi connectivity index (χ1) is 6.83. The van der Waals surface area contributed by atoms with Gasteiger partial charge in [0.05, 0.1) is 0 Å². The van der Waals surface area contributed by atoms with E-state index in [1.54, 1.807) is 0 Å². The number of aliphatic hydroxyl groups excluding tert-OH is 1. The molecule has 0 aliphatic rings. The van der Waals surface area contributed by atoms with Gasteiger partial charge in [-0.3, -0.25) is 0 Å². The van der Waals surface area contributed by atoms with Crippen molar-refractivity contribution in [2.75, 3.05) is 6.61 Å². The number of hydrogen-bond donors (Lipinski definition) is 1. The molecule has 1 aromatic carbocycles. The highest BCUT2D eigenvalue weighted by atomic mass is 16.3. The summed E-state index contributed by atoms with van der Waals surface area (Å²) in [5.41, 5.74) is 2.35. The Balaban J connectivity index is 2.95. The van der Waals surface area contributed by atoms with Crippen LogP contribution in [0.4, 0.5) is 0 Å². The van der Waals surface area contributed by atoms with Gasteiger partial charge < -0.3 is 5.11 Å². The van der Waals surface area contributed by atoms with Crippen LogP contribution in [0.3, 0.4) is 0 Å². The average Bonchev–Trinajstić information content (AvgIpc) is 2.26. The molecule has 0 bridgehead atoms. The Morgan fingerprint density at radius 1 is 1.43 bits per heavy atom. The van der Waals surface area contributed by atoms with Crippen molar-refractivity contribution in [3.05, 3.63) is 42.0 Å². The maximum absolute atomic E-state index is 9.30. The fourth-order valence-corrected chi connectivity index (χ4v) is 1.76. The Hall–Kier alpha value is -1.08. The second kappa shape index (κ2) is 5.61. The minimum Gasteiger partial charge on any atom is -0.396 e. The van der Waals surface area contributed by atoms with Crippen LogP contribution in [0.5, 0.6) is 0 Å². The molecule has 0 fully saturated rings. The summed E-state index contributed by atoms with van der Waals surface area (Å²) in [6.07, 6.45) is 3.98. The molecule has 1 heteroatoms. The summed E-state index contributed by atoms with van der Waals surface area (Å²) < 4.78 is 0. The van der Waals surface area contributed by atoms with Crippen molar-refractivity contribution < 1.29 is 5.11 Å². The zero-order valence-corrected chi connectivity index (χ0v) is 8.74. The largest absolute Gasteiger partial charge is 0.396 e. The molecule has 0 heterocycles. The van der Waals surface area contributed by atoms with Gasteiger partial charge in [0.25, 0.3) is 0 Å². The van der Waals surface area contributed by atoms with E-state index in [2.05, 4.69) is 19.6 Å². The highest BCUT2D eigenvalue weighted by molar-refractivity contribution is 5.52. The van der Waals surface area contributed by atoms with E-state index in [0.717, 1.165) is 18.4 Å². The first-order valence-electron chi connectivity index (χ1n) is 5.15. The summed E-state index contributed by atoms with van der Waals surface area (Å²) in [4.78, 5) is 0. The average molecular weight is 190 g/mol. The summed E-state index contributed by atoms with van der Waals surface area (Å²) in [7, 11) is 0. The van der Waals surface area contributed by atoms with Crippen LogP contribution in [0.1, 0.15) is 36.8 Å². The van der Waals surface area contributed by atoms with Crippen LogP contribution >= 0.6 is 0 Å². The predicted molar refractivity (Wildman–Crippen MR) is 61.3 cm³/mol. The van der Waals surface area contributed by atoms with Crippen LogP contribution in [0.25, 0.3) is 6.08 Å². The lowest BCUT2D eigenvalue weighted by atomic mass is 9.91. The number of rotatable bonds is 5. The second-order valence-electron chi connectivity index (χ2n) is 3.50. The van der Waals surface area contributed by atoms with Gasteiger partial charge in [0.15, 0.2) is 0 Å². The first-order valence-corrected chi connectivity index (χ1v) is 5.15. The lowest BCUT2D eigenvalue weighted by molar-refractivity contribution is 0.258. The molecule has 0 saturated heterocycles. The van der Waals surface area contributed by atoms with Crippen LogP contribution < -0.4 is 0 Å². The zero-order chi connectivity index (χ0) is 10.4. The molecule has 0 spiro atoms. The third-order valence-corrected chi connectivity index (χ3v) is 2.51. The minimum absolute atomic E-state index is 0.221. The van der Waals surface area contributed by atoms with Crippen molar-refractivity contribution in [2.45, 2.75) is 25.7 Å². The Morgan fingerprint density at radius 2 is 2.14 bits per heavy atom. The van der Waals surface area contributed by atoms with E-state index in [9.17, 15) is 5.11 Å². The molecule has 0 amide bonds. The first kappa shape index (κ1) is 11.0. The van der Waals surface area contributed by atoms with Crippen molar-refractivity contribution in [3.63, 3.8) is 0 Å². The maximum atomic E-state index is 9.30. The van der Waals surface area contributed by atoms with E-state index in [4.69, 9.17) is 0 Å². The van der Waals surface area contributed by atoms with Crippen molar-refractivity contribution in [2.24, 2.45) is 0 Å². The third-order valence-electron chi connectivity index (χ3n) is 2.51. The van der Waals surface area contributed by atoms with E-state index in [1.807, 2.05) is 24.3 Å². The van der Waals surface area contributed by atoms with Gasteiger partial charge in [0.1, 0.15) is 0 Å². The van der Waals surface area contributed by atoms with Gasteiger partial charge in [0.2, 0.25) is 0 Å². The molecule has 1 rings (SSSR count). The maximum Gasteiger partial charge on any atom is 0.0499 e. The van der Waals surface area contributed by atoms with Gasteiger partial charge in [-0.05, 0) is 17.5 Å². The molecule has 76 valence electrons. The smallest absolute Gasteiger partial charge is 0.0499 e. The molecule has 1 nitrogen and oxygen atoms in total. The summed E-state index contributed by atoms with van der Waals surface area (Å²) in [5, 5.41) is 9.30. The van der Waals surface area contributed by atoms with Crippen LogP contribution in [-0.2, 0) is 0 Å². The van der Waals surface area contributed by atoms with Gasteiger partial charge in [0, 0.05) is 12.5 Å². The predicted octanol–water partition coefficient (Wildman–Crippen LogP) is 3.21. The number of aliphatic hydroxyl groups is 1. The Bertz CT molecular complexity index is 291. The summed E-state index contributed by atoms with van der Waals surface area (Å²) in [5.74, 6) is 0.259. The van der Waals surface area contributed by atoms with E-state index in [1.165, 1.54) is 5.56 Å². The molecule has 0 saturated carbocycles. The third kappa shape index (κ3) is 2.46. The van der Waals surface area contributed by atoms with E-state index >= 15 is 0 Å². The molecule has 1 unspecified atom stereocenters. The minimum atomic E-state index is 0.221. The molecule has 0 aromatic heterocycles. The van der Waals surface area contributed by atoms with Gasteiger partial charge in [-0.25, -0.2) is 0 Å². The molecule has 0 aliphatic heterocycles. The molecule has 1 atom stereocenters. The molecular formula is C13H18O. The van der Waals surface area contributed by atoms with Crippen LogP contribution in [0, 0.1) is 0 Å². The fraction of sp³-hybridized carbons (Fsp3) is 0.385. The van der Waals surface area contributed by atoms with Gasteiger partial charge in [-0.15, -0.1) is 0 Å². The van der Waals surface area contributed by atoms with Crippen LogP contribution in [-0.4, -0.2) is 11.7 Å². The van der Waals surface area contributed by atoms with E-state index in [-0.39, 0.29) is 12.5 Å². The molecular weight excluding hydrogens is 172 g/mol. The highest BCUT2D eigenvalue weighted by Crippen LogP contribution is 2.24. The summed E-state index contributed by atoms with van der Waals surface area (Å²) in [6.45, 7) is 6.15. The van der Waals surface area contributed by atoms with Crippen molar-refractivity contribution in [1.82, 2.24) is 0 Å². The molecule has 1 N–H and O–H groups in total. The second-order valence-corrected chi connectivity index (χ2v) is 3.50. The topological polar surface area (TPSA) is 20.2 Å². The van der Waals surface area contributed by atoms with Crippen molar-refractivity contribution >= 4 is 6.08 Å². The molecule has 0 radical (unpaired) electrons. The molecule has 0 aliphatic carbocycles. The van der Waals surface area contributed by atoms with Crippen LogP contribution in [0.15, 0.2) is 30.8 Å². The summed E-state index contributed by atoms with van der Waals surface area (Å²) >= 11 is 0. The standard InChI is InChI=1S/C13H18O/c1-3-7-12(10-14)13-9-6-5-8-11(13)4-2/h4-6,8-9,12,14H,2-3,7,10H2,1H3. The monoisotopic (exact) mass is 190 g/mol. The van der Waals surface area contributed by atoms with Gasteiger partial charge in [-0.2, -0.15) is 0 Å². The SMILES string of the molecule is C=Cc1ccccc1C(CO)CCC. The van der Waals surface area contributed by atoms with E-state index in [0.29, 0.717) is 0 Å². The van der Waals surface area contributed by atoms with Crippen molar-refractivity contribution in [3.8, 4) is 0 Å². The quantitative estimate of drug-likeness (QED) is 0.756.